The van der Waals surface area contributed by atoms with Gasteiger partial charge in [-0.25, -0.2) is 0 Å². The summed E-state index contributed by atoms with van der Waals surface area (Å²) in [7, 11) is 0. The van der Waals surface area contributed by atoms with Crippen molar-refractivity contribution in [1.82, 2.24) is 0 Å². The van der Waals surface area contributed by atoms with Gasteiger partial charge in [0.2, 0.25) is 0 Å². The first-order chi connectivity index (χ1) is 11.0. The van der Waals surface area contributed by atoms with Gasteiger partial charge in [0.15, 0.2) is 0 Å². The van der Waals surface area contributed by atoms with Crippen LogP contribution in [-0.2, 0) is 17.6 Å². The molecule has 2 rings (SSSR count). The van der Waals surface area contributed by atoms with E-state index in [9.17, 15) is 4.79 Å². The molecular weight excluding hydrogens is 284 g/mol. The van der Waals surface area contributed by atoms with Crippen LogP contribution in [0, 0.1) is 11.3 Å². The molecule has 0 amide bonds. The first kappa shape index (κ1) is 18.0. The lowest BCUT2D eigenvalue weighted by Gasteiger charge is -2.18. The second kappa shape index (κ2) is 8.52. The quantitative estimate of drug-likeness (QED) is 0.537. The molecule has 1 aromatic carbocycles. The van der Waals surface area contributed by atoms with Gasteiger partial charge in [0.05, 0.1) is 5.41 Å². The number of carboxylic acids is 1. The number of hydrogen-bond acceptors (Lipinski definition) is 1. The topological polar surface area (TPSA) is 37.3 Å². The molecule has 0 bridgehead atoms. The van der Waals surface area contributed by atoms with Crippen molar-refractivity contribution in [2.24, 2.45) is 11.3 Å². The third-order valence-corrected chi connectivity index (χ3v) is 5.11. The minimum absolute atomic E-state index is 0.594. The van der Waals surface area contributed by atoms with Gasteiger partial charge in [-0.15, -0.1) is 0 Å². The summed E-state index contributed by atoms with van der Waals surface area (Å²) in [6.07, 6.45) is 12.1. The van der Waals surface area contributed by atoms with Gasteiger partial charge in [-0.05, 0) is 63.0 Å². The Morgan fingerprint density at radius 2 is 1.70 bits per heavy atom. The monoisotopic (exact) mass is 316 g/mol. The number of aryl methyl sites for hydroxylation is 2. The minimum atomic E-state index is -0.689. The van der Waals surface area contributed by atoms with E-state index in [4.69, 9.17) is 5.11 Å². The lowest BCUT2D eigenvalue weighted by atomic mass is 9.87. The average molecular weight is 316 g/mol. The van der Waals surface area contributed by atoms with Gasteiger partial charge in [0, 0.05) is 0 Å². The molecule has 0 unspecified atom stereocenters. The van der Waals surface area contributed by atoms with Crippen molar-refractivity contribution < 1.29 is 9.90 Å². The number of carboxylic acid groups (broad SMARTS) is 1. The molecule has 2 heteroatoms. The molecule has 0 radical (unpaired) electrons. The van der Waals surface area contributed by atoms with Gasteiger partial charge in [0.25, 0.3) is 0 Å². The average Bonchev–Trinajstić information content (AvgIpc) is 3.33. The molecule has 0 saturated heterocycles. The zero-order chi connectivity index (χ0) is 16.7. The molecule has 128 valence electrons. The highest BCUT2D eigenvalue weighted by Gasteiger charge is 2.25. The SMILES string of the molecule is CC(C)(CCCCc1cccc(CCCCC2CC2)c1)C(=O)O. The van der Waals surface area contributed by atoms with Crippen LogP contribution in [0.3, 0.4) is 0 Å². The second-order valence-corrected chi connectivity index (χ2v) is 7.91. The van der Waals surface area contributed by atoms with Crippen molar-refractivity contribution in [3.63, 3.8) is 0 Å². The second-order valence-electron chi connectivity index (χ2n) is 7.91. The summed E-state index contributed by atoms with van der Waals surface area (Å²) in [6, 6.07) is 8.97. The summed E-state index contributed by atoms with van der Waals surface area (Å²) >= 11 is 0. The molecule has 0 atom stereocenters. The highest BCUT2D eigenvalue weighted by Crippen LogP contribution is 2.34. The Balaban J connectivity index is 1.66. The zero-order valence-corrected chi connectivity index (χ0v) is 14.8. The van der Waals surface area contributed by atoms with Crippen LogP contribution >= 0.6 is 0 Å². The molecule has 1 N–H and O–H groups in total. The Labute approximate surface area is 141 Å². The fourth-order valence-corrected chi connectivity index (χ4v) is 3.11. The van der Waals surface area contributed by atoms with E-state index in [0.29, 0.717) is 0 Å². The molecule has 2 nitrogen and oxygen atoms in total. The molecule has 23 heavy (non-hydrogen) atoms. The maximum atomic E-state index is 11.1. The van der Waals surface area contributed by atoms with E-state index in [1.54, 1.807) is 0 Å². The number of benzene rings is 1. The highest BCUT2D eigenvalue weighted by atomic mass is 16.4. The third-order valence-electron chi connectivity index (χ3n) is 5.11. The molecule has 1 aliphatic carbocycles. The smallest absolute Gasteiger partial charge is 0.309 e. The number of rotatable bonds is 11. The van der Waals surface area contributed by atoms with Gasteiger partial charge in [-0.3, -0.25) is 4.79 Å². The largest absolute Gasteiger partial charge is 0.481 e. The fraction of sp³-hybridized carbons (Fsp3) is 0.667. The van der Waals surface area contributed by atoms with Crippen molar-refractivity contribution in [2.75, 3.05) is 0 Å². The standard InChI is InChI=1S/C21H32O2/c1-21(2,20(22)23)15-6-5-10-19-12-7-11-18(16-19)9-4-3-8-17-13-14-17/h7,11-12,16-17H,3-6,8-10,13-15H2,1-2H3,(H,22,23). The predicted octanol–water partition coefficient (Wildman–Crippen LogP) is 5.63. The van der Waals surface area contributed by atoms with Crippen LogP contribution in [-0.4, -0.2) is 11.1 Å². The Kier molecular flexibility index (Phi) is 6.68. The van der Waals surface area contributed by atoms with Crippen LogP contribution in [0.15, 0.2) is 24.3 Å². The Hall–Kier alpha value is -1.31. The summed E-state index contributed by atoms with van der Waals surface area (Å²) < 4.78 is 0. The number of hydrogen-bond donors (Lipinski definition) is 1. The lowest BCUT2D eigenvalue weighted by molar-refractivity contribution is -0.147. The van der Waals surface area contributed by atoms with Crippen LogP contribution in [0.1, 0.15) is 76.3 Å². The highest BCUT2D eigenvalue weighted by molar-refractivity contribution is 5.73. The molecule has 0 heterocycles. The van der Waals surface area contributed by atoms with Gasteiger partial charge in [0.1, 0.15) is 0 Å². The van der Waals surface area contributed by atoms with Crippen molar-refractivity contribution >= 4 is 5.97 Å². The molecule has 0 aromatic heterocycles. The maximum Gasteiger partial charge on any atom is 0.309 e. The normalized spacial score (nSPS) is 14.9. The maximum absolute atomic E-state index is 11.1. The van der Waals surface area contributed by atoms with Crippen LogP contribution in [0.25, 0.3) is 0 Å². The van der Waals surface area contributed by atoms with Crippen LogP contribution in [0.4, 0.5) is 0 Å². The van der Waals surface area contributed by atoms with Crippen LogP contribution < -0.4 is 0 Å². The number of unbranched alkanes of at least 4 members (excludes halogenated alkanes) is 2. The summed E-state index contributed by atoms with van der Waals surface area (Å²) in [5.41, 5.74) is 2.27. The zero-order valence-electron chi connectivity index (χ0n) is 14.8. The Morgan fingerprint density at radius 1 is 1.09 bits per heavy atom. The van der Waals surface area contributed by atoms with Crippen molar-refractivity contribution in [1.29, 1.82) is 0 Å². The first-order valence-electron chi connectivity index (χ1n) is 9.28. The lowest BCUT2D eigenvalue weighted by Crippen LogP contribution is -2.23. The molecule has 1 fully saturated rings. The summed E-state index contributed by atoms with van der Waals surface area (Å²) in [4.78, 5) is 11.1. The van der Waals surface area contributed by atoms with E-state index in [1.807, 2.05) is 13.8 Å². The van der Waals surface area contributed by atoms with Gasteiger partial charge >= 0.3 is 5.97 Å². The van der Waals surface area contributed by atoms with Crippen molar-refractivity contribution in [2.45, 2.75) is 78.1 Å². The number of aliphatic carboxylic acids is 1. The van der Waals surface area contributed by atoms with Crippen molar-refractivity contribution in [3.05, 3.63) is 35.4 Å². The minimum Gasteiger partial charge on any atom is -0.481 e. The Morgan fingerprint density at radius 3 is 2.26 bits per heavy atom. The molecule has 1 aromatic rings. The van der Waals surface area contributed by atoms with Gasteiger partial charge in [-0.1, -0.05) is 56.4 Å². The number of carbonyl (C=O) groups is 1. The van der Waals surface area contributed by atoms with Gasteiger partial charge < -0.3 is 5.11 Å². The summed E-state index contributed by atoms with van der Waals surface area (Å²) in [6.45, 7) is 3.63. The van der Waals surface area contributed by atoms with E-state index in [1.165, 1.54) is 49.7 Å². The van der Waals surface area contributed by atoms with Crippen LogP contribution in [0.5, 0.6) is 0 Å². The van der Waals surface area contributed by atoms with E-state index in [2.05, 4.69) is 24.3 Å². The van der Waals surface area contributed by atoms with Crippen LogP contribution in [0.2, 0.25) is 0 Å². The summed E-state index contributed by atoms with van der Waals surface area (Å²) in [5, 5.41) is 9.13. The first-order valence-corrected chi connectivity index (χ1v) is 9.28. The molecule has 0 spiro atoms. The van der Waals surface area contributed by atoms with Crippen molar-refractivity contribution in [3.8, 4) is 0 Å². The molecule has 1 saturated carbocycles. The Bertz CT molecular complexity index is 500. The molecular formula is C21H32O2. The van der Waals surface area contributed by atoms with E-state index in [0.717, 1.165) is 31.6 Å². The molecule has 0 aliphatic heterocycles. The van der Waals surface area contributed by atoms with E-state index in [-0.39, 0.29) is 0 Å². The fourth-order valence-electron chi connectivity index (χ4n) is 3.11. The predicted molar refractivity (Wildman–Crippen MR) is 95.7 cm³/mol. The summed E-state index contributed by atoms with van der Waals surface area (Å²) in [5.74, 6) is 0.363. The van der Waals surface area contributed by atoms with Gasteiger partial charge in [-0.2, -0.15) is 0 Å². The third kappa shape index (κ3) is 6.76. The molecule has 1 aliphatic rings. The van der Waals surface area contributed by atoms with E-state index >= 15 is 0 Å². The van der Waals surface area contributed by atoms with E-state index < -0.39 is 11.4 Å².